The third kappa shape index (κ3) is 1.73. The summed E-state index contributed by atoms with van der Waals surface area (Å²) in [6.07, 6.45) is 8.18. The van der Waals surface area contributed by atoms with E-state index in [1.54, 1.807) is 6.92 Å². The van der Waals surface area contributed by atoms with Gasteiger partial charge in [-0.3, -0.25) is 9.59 Å². The first kappa shape index (κ1) is 13.3. The molecule has 2 saturated heterocycles. The zero-order valence-electron chi connectivity index (χ0n) is 12.3. The Morgan fingerprint density at radius 1 is 1.48 bits per heavy atom. The van der Waals surface area contributed by atoms with Crippen LogP contribution in [0.15, 0.2) is 12.2 Å². The normalized spacial score (nSPS) is 41.1. The van der Waals surface area contributed by atoms with Crippen LogP contribution in [0.2, 0.25) is 0 Å². The second-order valence-corrected chi connectivity index (χ2v) is 6.56. The molecule has 21 heavy (non-hydrogen) atoms. The second kappa shape index (κ2) is 4.57. The summed E-state index contributed by atoms with van der Waals surface area (Å²) in [5, 5.41) is 0. The van der Waals surface area contributed by atoms with E-state index in [1.165, 1.54) is 12.8 Å². The summed E-state index contributed by atoms with van der Waals surface area (Å²) in [5.41, 5.74) is -0.582. The van der Waals surface area contributed by atoms with E-state index in [0.29, 0.717) is 19.2 Å². The van der Waals surface area contributed by atoms with Crippen LogP contribution in [0.5, 0.6) is 0 Å². The molecule has 1 saturated carbocycles. The van der Waals surface area contributed by atoms with Gasteiger partial charge in [-0.05, 0) is 19.8 Å². The summed E-state index contributed by atoms with van der Waals surface area (Å²) < 4.78 is 11.2. The lowest BCUT2D eigenvalue weighted by Crippen LogP contribution is -2.41. The van der Waals surface area contributed by atoms with Gasteiger partial charge >= 0.3 is 5.97 Å². The smallest absolute Gasteiger partial charge is 0.312 e. The van der Waals surface area contributed by atoms with Crippen molar-refractivity contribution < 1.29 is 19.1 Å². The van der Waals surface area contributed by atoms with Gasteiger partial charge in [-0.15, -0.1) is 0 Å². The van der Waals surface area contributed by atoms with Gasteiger partial charge in [0, 0.05) is 6.04 Å². The maximum Gasteiger partial charge on any atom is 0.312 e. The number of carbonyl (C=O) groups is 2. The molecule has 0 N–H and O–H groups in total. The van der Waals surface area contributed by atoms with E-state index in [1.807, 2.05) is 17.1 Å². The first-order chi connectivity index (χ1) is 10.2. The second-order valence-electron chi connectivity index (χ2n) is 6.56. The number of carbonyl (C=O) groups excluding carboxylic acids is 2. The minimum Gasteiger partial charge on any atom is -0.466 e. The van der Waals surface area contributed by atoms with Gasteiger partial charge in [0.05, 0.1) is 25.2 Å². The number of esters is 1. The lowest BCUT2D eigenvalue weighted by atomic mass is 9.77. The highest BCUT2D eigenvalue weighted by atomic mass is 16.6. The monoisotopic (exact) mass is 291 g/mol. The third-order valence-corrected chi connectivity index (χ3v) is 5.45. The molecule has 4 aliphatic rings. The molecule has 4 atom stereocenters. The molecule has 0 radical (unpaired) electrons. The number of nitrogens with zero attached hydrogens (tertiary/aromatic N) is 1. The van der Waals surface area contributed by atoms with Gasteiger partial charge in [0.2, 0.25) is 5.91 Å². The fraction of sp³-hybridized carbons (Fsp3) is 0.750. The van der Waals surface area contributed by atoms with E-state index in [-0.39, 0.29) is 23.9 Å². The van der Waals surface area contributed by atoms with Crippen LogP contribution in [0, 0.1) is 11.8 Å². The van der Waals surface area contributed by atoms with Gasteiger partial charge in [-0.1, -0.05) is 25.0 Å². The molecular weight excluding hydrogens is 270 g/mol. The van der Waals surface area contributed by atoms with E-state index in [4.69, 9.17) is 9.47 Å². The van der Waals surface area contributed by atoms with Crippen molar-refractivity contribution in [1.82, 2.24) is 4.90 Å². The fourth-order valence-electron chi connectivity index (χ4n) is 4.56. The molecule has 3 aliphatic heterocycles. The number of amides is 1. The van der Waals surface area contributed by atoms with Gasteiger partial charge in [0.1, 0.15) is 11.5 Å². The fourth-order valence-corrected chi connectivity index (χ4v) is 4.56. The average molecular weight is 291 g/mol. The molecule has 3 heterocycles. The van der Waals surface area contributed by atoms with Crippen LogP contribution in [0.1, 0.15) is 32.6 Å². The molecule has 4 rings (SSSR count). The Morgan fingerprint density at radius 2 is 2.24 bits per heavy atom. The summed E-state index contributed by atoms with van der Waals surface area (Å²) in [6.45, 7) is 2.73. The van der Waals surface area contributed by atoms with E-state index >= 15 is 0 Å². The predicted molar refractivity (Wildman–Crippen MR) is 74.3 cm³/mol. The van der Waals surface area contributed by atoms with Crippen molar-refractivity contribution in [2.75, 3.05) is 13.2 Å². The standard InChI is InChI=1S/C16H21NO4/c1-2-20-15(19)12-11-7-8-16(21-11)9-17(14(18)13(12)16)10-5-3-4-6-10/h7-8,10-13H,2-6,9H2,1H3/t11-,12-,13+,16+/m1/s1. The first-order valence-corrected chi connectivity index (χ1v) is 8.00. The zero-order chi connectivity index (χ0) is 14.6. The van der Waals surface area contributed by atoms with Crippen LogP contribution in [0.25, 0.3) is 0 Å². The summed E-state index contributed by atoms with van der Waals surface area (Å²) >= 11 is 0. The quantitative estimate of drug-likeness (QED) is 0.580. The Bertz CT molecular complexity index is 510. The van der Waals surface area contributed by atoms with Crippen molar-refractivity contribution in [3.05, 3.63) is 12.2 Å². The number of fused-ring (bicyclic) bond motifs is 1. The Balaban J connectivity index is 1.63. The molecule has 0 unspecified atom stereocenters. The van der Waals surface area contributed by atoms with Crippen molar-refractivity contribution in [3.63, 3.8) is 0 Å². The van der Waals surface area contributed by atoms with Crippen molar-refractivity contribution in [3.8, 4) is 0 Å². The maximum atomic E-state index is 12.9. The van der Waals surface area contributed by atoms with Crippen molar-refractivity contribution >= 4 is 11.9 Å². The predicted octanol–water partition coefficient (Wildman–Crippen LogP) is 1.27. The molecule has 1 aliphatic carbocycles. The van der Waals surface area contributed by atoms with Crippen LogP contribution in [-0.2, 0) is 19.1 Å². The van der Waals surface area contributed by atoms with E-state index < -0.39 is 11.5 Å². The molecule has 0 aromatic rings. The molecule has 2 bridgehead atoms. The van der Waals surface area contributed by atoms with Crippen LogP contribution < -0.4 is 0 Å². The molecule has 3 fully saturated rings. The van der Waals surface area contributed by atoms with Crippen molar-refractivity contribution in [2.45, 2.75) is 50.4 Å². The summed E-state index contributed by atoms with van der Waals surface area (Å²) in [7, 11) is 0. The highest BCUT2D eigenvalue weighted by Gasteiger charge is 2.67. The number of ether oxygens (including phenoxy) is 2. The van der Waals surface area contributed by atoms with Crippen LogP contribution in [0.4, 0.5) is 0 Å². The minimum atomic E-state index is -0.582. The van der Waals surface area contributed by atoms with Crippen LogP contribution in [-0.4, -0.2) is 47.7 Å². The highest BCUT2D eigenvalue weighted by molar-refractivity contribution is 5.91. The lowest BCUT2D eigenvalue weighted by molar-refractivity contribution is -0.153. The Morgan fingerprint density at radius 3 is 2.95 bits per heavy atom. The topological polar surface area (TPSA) is 55.8 Å². The molecule has 1 spiro atoms. The average Bonchev–Trinajstić information content (AvgIpc) is 3.19. The molecule has 5 heteroatoms. The Hall–Kier alpha value is -1.36. The molecule has 114 valence electrons. The number of hydrogen-bond acceptors (Lipinski definition) is 4. The molecule has 1 amide bonds. The van der Waals surface area contributed by atoms with Gasteiger partial charge in [-0.25, -0.2) is 0 Å². The van der Waals surface area contributed by atoms with E-state index in [0.717, 1.165) is 12.8 Å². The minimum absolute atomic E-state index is 0.0896. The Labute approximate surface area is 124 Å². The third-order valence-electron chi connectivity index (χ3n) is 5.45. The Kier molecular flexibility index (Phi) is 2.89. The number of hydrogen-bond donors (Lipinski definition) is 0. The molecular formula is C16H21NO4. The van der Waals surface area contributed by atoms with Crippen molar-refractivity contribution in [2.24, 2.45) is 11.8 Å². The van der Waals surface area contributed by atoms with Crippen LogP contribution in [0.3, 0.4) is 0 Å². The molecule has 0 aromatic carbocycles. The summed E-state index contributed by atoms with van der Waals surface area (Å²) in [5.74, 6) is -1.05. The zero-order valence-corrected chi connectivity index (χ0v) is 12.3. The summed E-state index contributed by atoms with van der Waals surface area (Å²) in [6, 6.07) is 0.330. The molecule has 5 nitrogen and oxygen atoms in total. The van der Waals surface area contributed by atoms with Gasteiger partial charge in [0.15, 0.2) is 0 Å². The molecule has 0 aromatic heterocycles. The largest absolute Gasteiger partial charge is 0.466 e. The summed E-state index contributed by atoms with van der Waals surface area (Å²) in [4.78, 5) is 27.1. The van der Waals surface area contributed by atoms with Gasteiger partial charge in [-0.2, -0.15) is 0 Å². The van der Waals surface area contributed by atoms with Gasteiger partial charge in [0.25, 0.3) is 0 Å². The van der Waals surface area contributed by atoms with Gasteiger partial charge < -0.3 is 14.4 Å². The first-order valence-electron chi connectivity index (χ1n) is 8.00. The van der Waals surface area contributed by atoms with E-state index in [9.17, 15) is 9.59 Å². The van der Waals surface area contributed by atoms with Crippen molar-refractivity contribution in [1.29, 1.82) is 0 Å². The number of likely N-dealkylation sites (tertiary alicyclic amines) is 1. The lowest BCUT2D eigenvalue weighted by Gasteiger charge is -2.26. The van der Waals surface area contributed by atoms with E-state index in [2.05, 4.69) is 0 Å². The highest BCUT2D eigenvalue weighted by Crippen LogP contribution is 2.53. The SMILES string of the molecule is CCOC(=O)[C@H]1[C@H]2C(=O)N(C3CCCC3)C[C@@]23C=C[C@H]1O3. The van der Waals surface area contributed by atoms with Crippen LogP contribution >= 0.6 is 0 Å². The maximum absolute atomic E-state index is 12.9. The number of rotatable bonds is 3.